The van der Waals surface area contributed by atoms with E-state index in [1.165, 1.54) is 13.0 Å². The monoisotopic (exact) mass is 312 g/mol. The molecule has 0 aliphatic carbocycles. The largest absolute Gasteiger partial charge is 0.436 e. The molecule has 0 atom stereocenters. The number of Topliss-reactive ketones (excluding diaryl/α,β-unsaturated/α-hetero) is 1. The predicted molar refractivity (Wildman–Crippen MR) is 80.8 cm³/mol. The Bertz CT molecular complexity index is 859. The minimum absolute atomic E-state index is 0.130. The summed E-state index contributed by atoms with van der Waals surface area (Å²) in [5.41, 5.74) is 2.54. The summed E-state index contributed by atoms with van der Waals surface area (Å²) in [4.78, 5) is 15.2. The molecule has 0 radical (unpaired) electrons. The van der Waals surface area contributed by atoms with Crippen LogP contribution in [0.25, 0.3) is 11.1 Å². The molecule has 0 fully saturated rings. The second-order valence-corrected chi connectivity index (χ2v) is 4.94. The molecule has 0 saturated heterocycles. The van der Waals surface area contributed by atoms with Crippen molar-refractivity contribution in [3.8, 4) is 22.8 Å². The lowest BCUT2D eigenvalue weighted by atomic mass is 10.0. The van der Waals surface area contributed by atoms with Crippen molar-refractivity contribution in [1.82, 2.24) is 20.4 Å². The van der Waals surface area contributed by atoms with E-state index >= 15 is 0 Å². The number of carbonyl (C=O) groups is 1. The molecule has 1 N–H and O–H groups in total. The number of aryl methyl sites for hydroxylation is 1. The van der Waals surface area contributed by atoms with Crippen LogP contribution in [-0.4, -0.2) is 26.2 Å². The number of ketones is 1. The molecule has 23 heavy (non-hydrogen) atoms. The molecular weight excluding hydrogens is 299 g/mol. The zero-order valence-electron chi connectivity index (χ0n) is 12.5. The molecule has 1 aromatic carbocycles. The molecule has 0 spiro atoms. The summed E-state index contributed by atoms with van der Waals surface area (Å²) < 4.78 is 18.6. The number of nitrogens with one attached hydrogen (secondary N) is 1. The number of halogens is 1. The third-order valence-corrected chi connectivity index (χ3v) is 3.30. The highest BCUT2D eigenvalue weighted by molar-refractivity contribution is 5.94. The van der Waals surface area contributed by atoms with Crippen LogP contribution < -0.4 is 4.74 Å². The van der Waals surface area contributed by atoms with E-state index in [4.69, 9.17) is 4.74 Å². The Labute approximate surface area is 131 Å². The summed E-state index contributed by atoms with van der Waals surface area (Å²) in [5, 5.41) is 9.79. The summed E-state index contributed by atoms with van der Waals surface area (Å²) in [6.07, 6.45) is 0. The maximum atomic E-state index is 13.1. The van der Waals surface area contributed by atoms with Crippen LogP contribution in [0, 0.1) is 12.9 Å². The van der Waals surface area contributed by atoms with Crippen LogP contribution in [0.5, 0.6) is 11.6 Å². The smallest absolute Gasteiger partial charge is 0.269 e. The van der Waals surface area contributed by atoms with Crippen LogP contribution in [0.2, 0.25) is 0 Å². The first-order valence-electron chi connectivity index (χ1n) is 6.88. The molecule has 116 valence electrons. The number of pyridine rings is 1. The second-order valence-electron chi connectivity index (χ2n) is 4.94. The zero-order valence-corrected chi connectivity index (χ0v) is 12.5. The number of nitrogens with zero attached hydrogens (tertiary/aromatic N) is 3. The number of hydrogen-bond donors (Lipinski definition) is 1. The first kappa shape index (κ1) is 14.8. The Morgan fingerprint density at radius 1 is 1.17 bits per heavy atom. The van der Waals surface area contributed by atoms with Crippen molar-refractivity contribution in [3.05, 3.63) is 53.7 Å². The van der Waals surface area contributed by atoms with Gasteiger partial charge >= 0.3 is 0 Å². The van der Waals surface area contributed by atoms with Crippen LogP contribution >= 0.6 is 0 Å². The molecule has 0 saturated carbocycles. The normalized spacial score (nSPS) is 10.6. The predicted octanol–water partition coefficient (Wildman–Crippen LogP) is 3.31. The summed E-state index contributed by atoms with van der Waals surface area (Å²) in [6, 6.07) is 10.1. The first-order valence-corrected chi connectivity index (χ1v) is 6.88. The van der Waals surface area contributed by atoms with Crippen molar-refractivity contribution in [1.29, 1.82) is 0 Å². The van der Waals surface area contributed by atoms with Gasteiger partial charge in [0.1, 0.15) is 5.75 Å². The highest BCUT2D eigenvalue weighted by Crippen LogP contribution is 2.27. The maximum Gasteiger partial charge on any atom is 0.269 e. The minimum Gasteiger partial charge on any atom is -0.436 e. The molecule has 3 rings (SSSR count). The number of benzene rings is 1. The van der Waals surface area contributed by atoms with Gasteiger partial charge in [-0.1, -0.05) is 22.4 Å². The third kappa shape index (κ3) is 3.08. The van der Waals surface area contributed by atoms with Crippen molar-refractivity contribution >= 4 is 5.78 Å². The van der Waals surface area contributed by atoms with Gasteiger partial charge in [-0.2, -0.15) is 4.39 Å². The van der Waals surface area contributed by atoms with Crippen molar-refractivity contribution in [2.75, 3.05) is 0 Å². The van der Waals surface area contributed by atoms with Gasteiger partial charge in [-0.15, -0.1) is 0 Å². The van der Waals surface area contributed by atoms with E-state index in [2.05, 4.69) is 20.4 Å². The van der Waals surface area contributed by atoms with Gasteiger partial charge in [-0.3, -0.25) is 9.89 Å². The summed E-state index contributed by atoms with van der Waals surface area (Å²) in [7, 11) is 0. The third-order valence-electron chi connectivity index (χ3n) is 3.30. The van der Waals surface area contributed by atoms with Crippen LogP contribution in [0.4, 0.5) is 4.39 Å². The standard InChI is InChI=1S/C16H13FN4O2/c1-9-13(7-8-14(17)18-9)11-3-5-12(6-4-11)23-16-15(10(2)22)19-21-20-16/h3-8H,1-2H3,(H,19,20,21). The average molecular weight is 312 g/mol. The van der Waals surface area contributed by atoms with Gasteiger partial charge in [0.15, 0.2) is 11.5 Å². The average Bonchev–Trinajstić information content (AvgIpc) is 2.97. The van der Waals surface area contributed by atoms with Crippen molar-refractivity contribution in [2.45, 2.75) is 13.8 Å². The van der Waals surface area contributed by atoms with Crippen molar-refractivity contribution in [3.63, 3.8) is 0 Å². The molecular formula is C16H13FN4O2. The molecule has 0 amide bonds. The highest BCUT2D eigenvalue weighted by atomic mass is 19.1. The van der Waals surface area contributed by atoms with E-state index in [1.54, 1.807) is 25.1 Å². The number of carbonyl (C=O) groups excluding carboxylic acids is 1. The summed E-state index contributed by atoms with van der Waals surface area (Å²) in [6.45, 7) is 3.15. The van der Waals surface area contributed by atoms with Gasteiger partial charge < -0.3 is 4.74 Å². The quantitative estimate of drug-likeness (QED) is 0.590. The van der Waals surface area contributed by atoms with Crippen molar-refractivity contribution in [2.24, 2.45) is 0 Å². The molecule has 0 aliphatic rings. The number of aromatic nitrogens is 4. The van der Waals surface area contributed by atoms with E-state index in [1.807, 2.05) is 12.1 Å². The van der Waals surface area contributed by atoms with Gasteiger partial charge in [0.05, 0.1) is 0 Å². The molecule has 0 unspecified atom stereocenters. The molecule has 6 nitrogen and oxygen atoms in total. The van der Waals surface area contributed by atoms with E-state index < -0.39 is 5.95 Å². The van der Waals surface area contributed by atoms with Gasteiger partial charge in [-0.05, 0) is 36.8 Å². The minimum atomic E-state index is -0.506. The van der Waals surface area contributed by atoms with E-state index in [0.717, 1.165) is 11.1 Å². The molecule has 7 heteroatoms. The number of H-pyrrole nitrogens is 1. The summed E-state index contributed by atoms with van der Waals surface area (Å²) >= 11 is 0. The molecule has 2 aromatic heterocycles. The Balaban J connectivity index is 1.85. The van der Waals surface area contributed by atoms with E-state index in [0.29, 0.717) is 11.4 Å². The highest BCUT2D eigenvalue weighted by Gasteiger charge is 2.14. The fourth-order valence-corrected chi connectivity index (χ4v) is 2.17. The Kier molecular flexibility index (Phi) is 3.84. The van der Waals surface area contributed by atoms with Gasteiger partial charge in [0, 0.05) is 18.2 Å². The summed E-state index contributed by atoms with van der Waals surface area (Å²) in [5.74, 6) is -0.0774. The van der Waals surface area contributed by atoms with Gasteiger partial charge in [0.25, 0.3) is 5.88 Å². The van der Waals surface area contributed by atoms with Crippen LogP contribution in [0.15, 0.2) is 36.4 Å². The van der Waals surface area contributed by atoms with Crippen LogP contribution in [0.3, 0.4) is 0 Å². The number of rotatable bonds is 4. The molecule has 0 bridgehead atoms. The number of ether oxygens (including phenoxy) is 1. The van der Waals surface area contributed by atoms with Crippen LogP contribution in [-0.2, 0) is 0 Å². The molecule has 2 heterocycles. The SMILES string of the molecule is CC(=O)c1[nH]nnc1Oc1ccc(-c2ccc(F)nc2C)cc1. The number of hydrogen-bond acceptors (Lipinski definition) is 5. The van der Waals surface area contributed by atoms with Gasteiger partial charge in [0.2, 0.25) is 5.95 Å². The lowest BCUT2D eigenvalue weighted by Crippen LogP contribution is -1.96. The number of aromatic amines is 1. The fraction of sp³-hybridized carbons (Fsp3) is 0.125. The first-order chi connectivity index (χ1) is 11.0. The maximum absolute atomic E-state index is 13.1. The molecule has 3 aromatic rings. The Morgan fingerprint density at radius 2 is 1.91 bits per heavy atom. The van der Waals surface area contributed by atoms with Crippen LogP contribution in [0.1, 0.15) is 23.1 Å². The van der Waals surface area contributed by atoms with E-state index in [-0.39, 0.29) is 17.4 Å². The molecule has 0 aliphatic heterocycles. The Morgan fingerprint density at radius 3 is 2.57 bits per heavy atom. The second kappa shape index (κ2) is 5.96. The van der Waals surface area contributed by atoms with Gasteiger partial charge in [-0.25, -0.2) is 4.98 Å². The topological polar surface area (TPSA) is 80.8 Å². The van der Waals surface area contributed by atoms with Crippen molar-refractivity contribution < 1.29 is 13.9 Å². The lowest BCUT2D eigenvalue weighted by Gasteiger charge is -2.07. The Hall–Kier alpha value is -3.09. The lowest BCUT2D eigenvalue weighted by molar-refractivity contribution is 0.101. The zero-order chi connectivity index (χ0) is 16.4. The van der Waals surface area contributed by atoms with E-state index in [9.17, 15) is 9.18 Å². The fourth-order valence-electron chi connectivity index (χ4n) is 2.17.